The SMILES string of the molecule is N#Cc1ccc2oc(-c3ccnc(C(=O)N4CCN(C(c5ccccc5)c5nnn(C(F)F)n5)CC4)c3)nc2c1. The number of nitriles is 1. The lowest BCUT2D eigenvalue weighted by Crippen LogP contribution is -2.50. The van der Waals surface area contributed by atoms with Gasteiger partial charge < -0.3 is 9.32 Å². The molecule has 0 N–H and O–H groups in total. The van der Waals surface area contributed by atoms with Crippen LogP contribution in [0.5, 0.6) is 0 Å². The van der Waals surface area contributed by atoms with Crippen LogP contribution in [0.4, 0.5) is 8.78 Å². The molecular formula is C27H21F2N9O2. The molecule has 4 heterocycles. The van der Waals surface area contributed by atoms with E-state index < -0.39 is 12.6 Å². The third-order valence-electron chi connectivity index (χ3n) is 6.69. The first kappa shape index (κ1) is 25.2. The highest BCUT2D eigenvalue weighted by molar-refractivity contribution is 5.93. The number of hydrogen-bond donors (Lipinski definition) is 0. The predicted octanol–water partition coefficient (Wildman–Crippen LogP) is 3.69. The fraction of sp³-hybridized carbons (Fsp3) is 0.222. The number of halogens is 2. The number of amides is 1. The molecule has 11 nitrogen and oxygen atoms in total. The van der Waals surface area contributed by atoms with E-state index in [1.807, 2.05) is 35.2 Å². The molecule has 1 amide bonds. The van der Waals surface area contributed by atoms with Gasteiger partial charge in [0.15, 0.2) is 11.4 Å². The van der Waals surface area contributed by atoms with E-state index >= 15 is 0 Å². The largest absolute Gasteiger partial charge is 0.436 e. The Bertz CT molecular complexity index is 1710. The van der Waals surface area contributed by atoms with Crippen molar-refractivity contribution < 1.29 is 18.0 Å². The zero-order valence-electron chi connectivity index (χ0n) is 20.9. The number of fused-ring (bicyclic) bond motifs is 1. The maximum atomic E-state index is 13.4. The monoisotopic (exact) mass is 541 g/mol. The van der Waals surface area contributed by atoms with Gasteiger partial charge in [0.1, 0.15) is 11.2 Å². The van der Waals surface area contributed by atoms with Gasteiger partial charge in [0, 0.05) is 37.9 Å². The topological polar surface area (TPSA) is 130 Å². The normalized spacial score (nSPS) is 14.9. The standard InChI is InChI=1S/C27H21F2N9O2/c28-27(29)38-34-24(33-35-38)23(18-4-2-1-3-5-18)36-10-12-37(13-11-36)26(39)21-15-19(8-9-31-21)25-32-20-14-17(16-30)6-7-22(20)40-25/h1-9,14-15,23,27H,10-13H2. The number of carbonyl (C=O) groups is 1. The van der Waals surface area contributed by atoms with E-state index in [-0.39, 0.29) is 17.4 Å². The molecule has 0 spiro atoms. The van der Waals surface area contributed by atoms with Crippen LogP contribution in [-0.4, -0.2) is 72.1 Å². The number of benzene rings is 2. The summed E-state index contributed by atoms with van der Waals surface area (Å²) in [5, 5.41) is 20.4. The van der Waals surface area contributed by atoms with Gasteiger partial charge in [0.2, 0.25) is 5.89 Å². The van der Waals surface area contributed by atoms with Gasteiger partial charge in [-0.3, -0.25) is 14.7 Å². The molecular weight excluding hydrogens is 520 g/mol. The van der Waals surface area contributed by atoms with Crippen LogP contribution in [0.2, 0.25) is 0 Å². The number of rotatable bonds is 6. The van der Waals surface area contributed by atoms with Gasteiger partial charge in [-0.05, 0) is 41.1 Å². The summed E-state index contributed by atoms with van der Waals surface area (Å²) in [6.45, 7) is -1.20. The van der Waals surface area contributed by atoms with Gasteiger partial charge in [-0.2, -0.15) is 14.0 Å². The molecule has 1 aliphatic rings. The summed E-state index contributed by atoms with van der Waals surface area (Å²) in [5.74, 6) is 0.240. The Hall–Kier alpha value is -5.09. The smallest absolute Gasteiger partial charge is 0.350 e. The molecule has 5 aromatic rings. The number of pyridine rings is 1. The summed E-state index contributed by atoms with van der Waals surface area (Å²) in [4.78, 5) is 26.1. The molecule has 40 heavy (non-hydrogen) atoms. The minimum absolute atomic E-state index is 0.167. The maximum absolute atomic E-state index is 13.4. The van der Waals surface area contributed by atoms with Crippen molar-refractivity contribution in [3.63, 3.8) is 0 Å². The van der Waals surface area contributed by atoms with Crippen LogP contribution in [0.3, 0.4) is 0 Å². The predicted molar refractivity (Wildman–Crippen MR) is 137 cm³/mol. The molecule has 1 fully saturated rings. The van der Waals surface area contributed by atoms with Crippen molar-refractivity contribution in [3.8, 4) is 17.5 Å². The van der Waals surface area contributed by atoms with Crippen molar-refractivity contribution >= 4 is 17.0 Å². The molecule has 0 saturated carbocycles. The number of aromatic nitrogens is 6. The lowest BCUT2D eigenvalue weighted by molar-refractivity contribution is 0.0385. The van der Waals surface area contributed by atoms with E-state index in [1.54, 1.807) is 35.2 Å². The van der Waals surface area contributed by atoms with E-state index in [2.05, 4.69) is 31.4 Å². The fourth-order valence-corrected chi connectivity index (χ4v) is 4.73. The molecule has 2 aromatic carbocycles. The van der Waals surface area contributed by atoms with E-state index in [0.29, 0.717) is 59.1 Å². The summed E-state index contributed by atoms with van der Waals surface area (Å²) >= 11 is 0. The molecule has 13 heteroatoms. The highest BCUT2D eigenvalue weighted by atomic mass is 19.3. The average molecular weight is 542 g/mol. The molecule has 1 aliphatic heterocycles. The zero-order chi connectivity index (χ0) is 27.6. The Labute approximate surface area is 226 Å². The summed E-state index contributed by atoms with van der Waals surface area (Å²) in [6, 6.07) is 19.2. The van der Waals surface area contributed by atoms with Crippen molar-refractivity contribution in [2.24, 2.45) is 0 Å². The van der Waals surface area contributed by atoms with Crippen LogP contribution in [-0.2, 0) is 0 Å². The molecule has 0 radical (unpaired) electrons. The molecule has 1 atom stereocenters. The minimum atomic E-state index is -2.89. The zero-order valence-corrected chi connectivity index (χ0v) is 20.9. The molecule has 3 aromatic heterocycles. The fourth-order valence-electron chi connectivity index (χ4n) is 4.73. The number of carbonyl (C=O) groups excluding carboxylic acids is 1. The van der Waals surface area contributed by atoms with Gasteiger partial charge in [-0.25, -0.2) is 4.98 Å². The third kappa shape index (κ3) is 4.87. The number of hydrogen-bond acceptors (Lipinski definition) is 9. The molecule has 0 aliphatic carbocycles. The Morgan fingerprint density at radius 1 is 1.02 bits per heavy atom. The van der Waals surface area contributed by atoms with Crippen LogP contribution in [0.15, 0.2) is 71.3 Å². The maximum Gasteiger partial charge on any atom is 0.350 e. The van der Waals surface area contributed by atoms with E-state index in [1.165, 1.54) is 6.20 Å². The first-order valence-electron chi connectivity index (χ1n) is 12.4. The summed E-state index contributed by atoms with van der Waals surface area (Å²) in [6.07, 6.45) is 1.53. The molecule has 6 rings (SSSR count). The molecule has 0 bridgehead atoms. The lowest BCUT2D eigenvalue weighted by atomic mass is 10.0. The summed E-state index contributed by atoms with van der Waals surface area (Å²) in [7, 11) is 0. The number of nitrogens with zero attached hydrogens (tertiary/aromatic N) is 9. The molecule has 200 valence electrons. The van der Waals surface area contributed by atoms with Gasteiger partial charge in [0.25, 0.3) is 5.91 Å². The third-order valence-corrected chi connectivity index (χ3v) is 6.69. The second-order valence-corrected chi connectivity index (χ2v) is 9.13. The number of piperazine rings is 1. The average Bonchev–Trinajstić information content (AvgIpc) is 3.66. The number of oxazole rings is 1. The van der Waals surface area contributed by atoms with Gasteiger partial charge in [-0.1, -0.05) is 35.1 Å². The highest BCUT2D eigenvalue weighted by Gasteiger charge is 2.32. The van der Waals surface area contributed by atoms with Gasteiger partial charge in [-0.15, -0.1) is 10.2 Å². The number of tetrazole rings is 1. The van der Waals surface area contributed by atoms with E-state index in [4.69, 9.17) is 9.68 Å². The summed E-state index contributed by atoms with van der Waals surface area (Å²) < 4.78 is 32.1. The van der Waals surface area contributed by atoms with Crippen molar-refractivity contribution in [2.45, 2.75) is 12.6 Å². The second-order valence-electron chi connectivity index (χ2n) is 9.13. The summed E-state index contributed by atoms with van der Waals surface area (Å²) in [5.41, 5.74) is 3.22. The molecule has 1 unspecified atom stereocenters. The second kappa shape index (κ2) is 10.6. The Morgan fingerprint density at radius 2 is 1.82 bits per heavy atom. The van der Waals surface area contributed by atoms with Crippen LogP contribution in [0.25, 0.3) is 22.6 Å². The van der Waals surface area contributed by atoms with E-state index in [0.717, 1.165) is 5.56 Å². The Kier molecular flexibility index (Phi) is 6.67. The van der Waals surface area contributed by atoms with Crippen molar-refractivity contribution in [3.05, 3.63) is 89.5 Å². The quantitative estimate of drug-likeness (QED) is 0.316. The minimum Gasteiger partial charge on any atom is -0.436 e. The van der Waals surface area contributed by atoms with Crippen LogP contribution >= 0.6 is 0 Å². The van der Waals surface area contributed by atoms with Crippen LogP contribution in [0, 0.1) is 11.3 Å². The highest BCUT2D eigenvalue weighted by Crippen LogP contribution is 2.29. The number of alkyl halides is 2. The first-order chi connectivity index (χ1) is 19.5. The Balaban J connectivity index is 1.19. The lowest BCUT2D eigenvalue weighted by Gasteiger charge is -2.38. The first-order valence-corrected chi connectivity index (χ1v) is 12.4. The Morgan fingerprint density at radius 3 is 2.55 bits per heavy atom. The van der Waals surface area contributed by atoms with Crippen molar-refractivity contribution in [2.75, 3.05) is 26.2 Å². The van der Waals surface area contributed by atoms with Crippen molar-refractivity contribution in [1.29, 1.82) is 5.26 Å². The van der Waals surface area contributed by atoms with Gasteiger partial charge >= 0.3 is 6.55 Å². The van der Waals surface area contributed by atoms with Crippen molar-refractivity contribution in [1.82, 2.24) is 40.0 Å². The molecule has 1 saturated heterocycles. The van der Waals surface area contributed by atoms with E-state index in [9.17, 15) is 13.6 Å². The van der Waals surface area contributed by atoms with Crippen LogP contribution < -0.4 is 0 Å². The van der Waals surface area contributed by atoms with Gasteiger partial charge in [0.05, 0.1) is 17.7 Å². The van der Waals surface area contributed by atoms with Crippen LogP contribution in [0.1, 0.15) is 40.0 Å².